The van der Waals surface area contributed by atoms with Gasteiger partial charge in [-0.05, 0) is 37.3 Å². The Labute approximate surface area is 175 Å². The van der Waals surface area contributed by atoms with Crippen LogP contribution < -0.4 is 4.90 Å². The van der Waals surface area contributed by atoms with Crippen LogP contribution in [-0.2, 0) is 4.79 Å². The molecule has 1 aliphatic heterocycles. The van der Waals surface area contributed by atoms with Crippen LogP contribution >= 0.6 is 0 Å². The molecule has 0 fully saturated rings. The number of fused-ring (bicyclic) bond motifs is 1. The van der Waals surface area contributed by atoms with Crippen LogP contribution in [0, 0.1) is 12.7 Å². The number of aryl methyl sites for hydroxylation is 1. The van der Waals surface area contributed by atoms with Crippen molar-refractivity contribution in [2.45, 2.75) is 13.0 Å². The lowest BCUT2D eigenvalue weighted by Gasteiger charge is -2.24. The van der Waals surface area contributed by atoms with Crippen LogP contribution in [0.3, 0.4) is 0 Å². The summed E-state index contributed by atoms with van der Waals surface area (Å²) in [6, 6.07) is 14.7. The van der Waals surface area contributed by atoms with Crippen LogP contribution in [0.15, 0.2) is 76.4 Å². The Morgan fingerprint density at radius 3 is 2.58 bits per heavy atom. The Balaban J connectivity index is 1.71. The molecule has 154 valence electrons. The molecule has 3 heterocycles. The normalized spacial score (nSPS) is 16.5. The summed E-state index contributed by atoms with van der Waals surface area (Å²) in [4.78, 5) is 34.8. The highest BCUT2D eigenvalue weighted by Gasteiger charge is 2.47. The Bertz CT molecular complexity index is 1350. The molecule has 2 aromatic heterocycles. The summed E-state index contributed by atoms with van der Waals surface area (Å²) >= 11 is 0. The first-order valence-electron chi connectivity index (χ1n) is 9.52. The fourth-order valence-electron chi connectivity index (χ4n) is 3.79. The van der Waals surface area contributed by atoms with E-state index in [2.05, 4.69) is 9.97 Å². The van der Waals surface area contributed by atoms with Gasteiger partial charge in [0.2, 0.25) is 11.7 Å². The van der Waals surface area contributed by atoms with Crippen molar-refractivity contribution in [3.63, 3.8) is 0 Å². The van der Waals surface area contributed by atoms with Crippen LogP contribution in [0.4, 0.5) is 10.3 Å². The Morgan fingerprint density at radius 1 is 1.13 bits per heavy atom. The van der Waals surface area contributed by atoms with Crippen molar-refractivity contribution in [3.8, 4) is 0 Å². The van der Waals surface area contributed by atoms with Crippen molar-refractivity contribution in [1.29, 1.82) is 0 Å². The fourth-order valence-corrected chi connectivity index (χ4v) is 3.79. The molecular weight excluding hydrogens is 401 g/mol. The number of nitrogens with zero attached hydrogens (tertiary/aromatic N) is 2. The molecule has 0 saturated heterocycles. The topological polar surface area (TPSA) is 99.4 Å². The summed E-state index contributed by atoms with van der Waals surface area (Å²) in [6.45, 7) is 1.67. The van der Waals surface area contributed by atoms with E-state index in [1.165, 1.54) is 24.3 Å². The molecule has 7 nitrogen and oxygen atoms in total. The number of H-pyrrole nitrogens is 1. The molecule has 0 aliphatic carbocycles. The number of halogens is 1. The predicted octanol–water partition coefficient (Wildman–Crippen LogP) is 4.39. The molecule has 1 aliphatic rings. The maximum absolute atomic E-state index is 14.8. The van der Waals surface area contributed by atoms with Gasteiger partial charge in [-0.1, -0.05) is 30.3 Å². The van der Waals surface area contributed by atoms with Crippen molar-refractivity contribution in [2.75, 3.05) is 4.90 Å². The third-order valence-electron chi connectivity index (χ3n) is 5.22. The summed E-state index contributed by atoms with van der Waals surface area (Å²) in [7, 11) is 0. The number of para-hydroxylation sites is 2. The van der Waals surface area contributed by atoms with Crippen LogP contribution in [0.1, 0.15) is 27.9 Å². The van der Waals surface area contributed by atoms with Crippen molar-refractivity contribution in [3.05, 3.63) is 94.9 Å². The van der Waals surface area contributed by atoms with E-state index >= 15 is 0 Å². The fraction of sp³-hybridized carbons (Fsp3) is 0.0870. The number of aromatic amines is 1. The number of aliphatic hydroxyl groups excluding tert-OH is 1. The number of nitrogens with one attached hydrogen (secondary N) is 1. The van der Waals surface area contributed by atoms with E-state index < -0.39 is 29.3 Å². The van der Waals surface area contributed by atoms with E-state index in [0.717, 1.165) is 4.90 Å². The van der Waals surface area contributed by atoms with Gasteiger partial charge in [0.25, 0.3) is 5.91 Å². The van der Waals surface area contributed by atoms with Gasteiger partial charge < -0.3 is 14.5 Å². The first-order valence-corrected chi connectivity index (χ1v) is 9.52. The van der Waals surface area contributed by atoms with E-state index in [1.54, 1.807) is 43.3 Å². The summed E-state index contributed by atoms with van der Waals surface area (Å²) in [6.07, 6.45) is 0. The van der Waals surface area contributed by atoms with Gasteiger partial charge >= 0.3 is 0 Å². The Morgan fingerprint density at radius 2 is 1.87 bits per heavy atom. The minimum absolute atomic E-state index is 0.0481. The second kappa shape index (κ2) is 6.94. The number of hydrogen-bond acceptors (Lipinski definition) is 5. The molecule has 1 atom stereocenters. The van der Waals surface area contributed by atoms with Gasteiger partial charge in [0, 0.05) is 5.56 Å². The molecule has 4 aromatic rings. The first kappa shape index (κ1) is 18.8. The number of aromatic nitrogens is 2. The maximum Gasteiger partial charge on any atom is 0.296 e. The average Bonchev–Trinajstić information content (AvgIpc) is 3.44. The van der Waals surface area contributed by atoms with Gasteiger partial charge in [0.05, 0.1) is 16.6 Å². The van der Waals surface area contributed by atoms with Crippen molar-refractivity contribution < 1.29 is 23.5 Å². The van der Waals surface area contributed by atoms with Crippen LogP contribution in [0.25, 0.3) is 11.0 Å². The maximum atomic E-state index is 14.8. The summed E-state index contributed by atoms with van der Waals surface area (Å²) < 4.78 is 20.2. The molecule has 0 bridgehead atoms. The highest BCUT2D eigenvalue weighted by Crippen LogP contribution is 2.42. The third kappa shape index (κ3) is 2.92. The predicted molar refractivity (Wildman–Crippen MR) is 110 cm³/mol. The molecule has 0 radical (unpaired) electrons. The van der Waals surface area contributed by atoms with Gasteiger partial charge in [0.1, 0.15) is 17.6 Å². The van der Waals surface area contributed by atoms with Crippen molar-refractivity contribution >= 4 is 28.7 Å². The highest BCUT2D eigenvalue weighted by molar-refractivity contribution is 6.20. The number of carbonyl (C=O) groups excluding carboxylic acids is 2. The zero-order valence-electron chi connectivity index (χ0n) is 16.3. The average molecular weight is 417 g/mol. The number of rotatable bonds is 4. The number of imidazole rings is 1. The van der Waals surface area contributed by atoms with E-state index in [9.17, 15) is 19.1 Å². The molecule has 5 rings (SSSR count). The third-order valence-corrected chi connectivity index (χ3v) is 5.22. The standard InChI is InChI=1S/C23H16FN3O4/c1-12-10-11-17(31-12)20(28)18-19(13-6-2-3-7-14(13)24)27(22(30)21(18)29)23-25-15-8-4-5-9-16(15)26-23/h2-11,19,29H,1H3,(H,25,26). The van der Waals surface area contributed by atoms with E-state index in [0.29, 0.717) is 16.8 Å². The summed E-state index contributed by atoms with van der Waals surface area (Å²) in [5, 5.41) is 10.7. The highest BCUT2D eigenvalue weighted by atomic mass is 19.1. The molecule has 0 spiro atoms. The number of hydrogen-bond donors (Lipinski definition) is 2. The second-order valence-electron chi connectivity index (χ2n) is 7.18. The zero-order valence-corrected chi connectivity index (χ0v) is 16.3. The number of anilines is 1. The van der Waals surface area contributed by atoms with Crippen LogP contribution in [-0.4, -0.2) is 26.8 Å². The largest absolute Gasteiger partial charge is 0.503 e. The number of Topliss-reactive ketones (excluding diaryl/α,β-unsaturated/α-hetero) is 1. The van der Waals surface area contributed by atoms with Crippen molar-refractivity contribution in [2.24, 2.45) is 0 Å². The second-order valence-corrected chi connectivity index (χ2v) is 7.18. The molecule has 1 unspecified atom stereocenters. The molecule has 1 amide bonds. The number of furan rings is 1. The summed E-state index contributed by atoms with van der Waals surface area (Å²) in [5.74, 6) is -2.44. The van der Waals surface area contributed by atoms with E-state index in [1.807, 2.05) is 0 Å². The Hall–Kier alpha value is -4.20. The molecule has 31 heavy (non-hydrogen) atoms. The van der Waals surface area contributed by atoms with E-state index in [4.69, 9.17) is 4.42 Å². The number of amides is 1. The van der Waals surface area contributed by atoms with Crippen molar-refractivity contribution in [1.82, 2.24) is 9.97 Å². The number of aliphatic hydroxyl groups is 1. The van der Waals surface area contributed by atoms with Gasteiger partial charge in [0.15, 0.2) is 11.5 Å². The van der Waals surface area contributed by atoms with Gasteiger partial charge in [-0.2, -0.15) is 0 Å². The Kier molecular flexibility index (Phi) is 4.21. The molecule has 0 saturated carbocycles. The lowest BCUT2D eigenvalue weighted by Crippen LogP contribution is -2.32. The van der Waals surface area contributed by atoms with Gasteiger partial charge in [-0.25, -0.2) is 9.37 Å². The molecule has 8 heteroatoms. The van der Waals surface area contributed by atoms with E-state index in [-0.39, 0.29) is 22.8 Å². The van der Waals surface area contributed by atoms with Gasteiger partial charge in [-0.3, -0.25) is 14.5 Å². The minimum Gasteiger partial charge on any atom is -0.503 e. The number of carbonyl (C=O) groups is 2. The smallest absolute Gasteiger partial charge is 0.296 e. The SMILES string of the molecule is Cc1ccc(C(=O)C2=C(O)C(=O)N(c3nc4ccccc4[nH]3)C2c2ccccc2F)o1. The monoisotopic (exact) mass is 417 g/mol. The lowest BCUT2D eigenvalue weighted by atomic mass is 9.95. The quantitative estimate of drug-likeness (QED) is 0.480. The van der Waals surface area contributed by atoms with Crippen LogP contribution in [0.2, 0.25) is 0 Å². The minimum atomic E-state index is -1.23. The van der Waals surface area contributed by atoms with Crippen LogP contribution in [0.5, 0.6) is 0 Å². The lowest BCUT2D eigenvalue weighted by molar-refractivity contribution is -0.117. The molecule has 2 N–H and O–H groups in total. The number of benzene rings is 2. The molecular formula is C23H16FN3O4. The number of ketones is 1. The zero-order chi connectivity index (χ0) is 21.7. The van der Waals surface area contributed by atoms with Gasteiger partial charge in [-0.15, -0.1) is 0 Å². The first-order chi connectivity index (χ1) is 15.0. The summed E-state index contributed by atoms with van der Waals surface area (Å²) in [5.41, 5.74) is 1.01. The molecule has 2 aromatic carbocycles.